The van der Waals surface area contributed by atoms with E-state index in [4.69, 9.17) is 0 Å². The van der Waals surface area contributed by atoms with Crippen molar-refractivity contribution in [3.63, 3.8) is 0 Å². The number of nitrogens with two attached hydrogens (primary N) is 1. The van der Waals surface area contributed by atoms with E-state index in [9.17, 15) is 0 Å². The smallest absolute Gasteiger partial charge is 0.0588 e. The van der Waals surface area contributed by atoms with Crippen LogP contribution in [-0.4, -0.2) is 5.49 Å². The summed E-state index contributed by atoms with van der Waals surface area (Å²) in [5.41, 5.74) is 8.73. The van der Waals surface area contributed by atoms with E-state index in [-0.39, 0.29) is 0 Å². The highest BCUT2D eigenvalue weighted by molar-refractivity contribution is 7.78. The van der Waals surface area contributed by atoms with Crippen LogP contribution in [0, 0.1) is 22.7 Å². The number of hydrogen-bond acceptors (Lipinski definition) is 1. The number of benzene rings is 1. The molecule has 2 aliphatic carbocycles. The molecule has 0 aromatic heterocycles. The summed E-state index contributed by atoms with van der Waals surface area (Å²) < 4.78 is 0. The van der Waals surface area contributed by atoms with Gasteiger partial charge in [0.15, 0.2) is 0 Å². The Morgan fingerprint density at radius 3 is 2.27 bits per heavy atom. The standard InChI is InChI=1S/C23H36.CH3NS/c1-6-13-23(7-2)18(3)14-22(19-11-9-8-10-12-19)16-20(23)15-21(4,5)17-22;2-1-3/h8-12,18,20H,6-7,13-17H2,1-5H3;1H,(H2,2,3). The quantitative estimate of drug-likeness (QED) is 0.581. The first-order chi connectivity index (χ1) is 12.3. The van der Waals surface area contributed by atoms with Crippen LogP contribution in [0.2, 0.25) is 0 Å². The molecule has 2 heteroatoms. The van der Waals surface area contributed by atoms with E-state index < -0.39 is 0 Å². The van der Waals surface area contributed by atoms with Crippen molar-refractivity contribution in [2.75, 3.05) is 0 Å². The maximum Gasteiger partial charge on any atom is 0.0588 e. The van der Waals surface area contributed by atoms with Crippen molar-refractivity contribution in [2.24, 2.45) is 28.4 Å². The van der Waals surface area contributed by atoms with Crippen LogP contribution in [0.1, 0.15) is 85.1 Å². The second kappa shape index (κ2) is 8.42. The van der Waals surface area contributed by atoms with Crippen molar-refractivity contribution in [1.29, 1.82) is 0 Å². The Hall–Kier alpha value is -0.890. The lowest BCUT2D eigenvalue weighted by molar-refractivity contribution is -0.0866. The summed E-state index contributed by atoms with van der Waals surface area (Å²) >= 11 is 4.05. The number of rotatable bonds is 4. The second-order valence-corrected chi connectivity index (χ2v) is 9.94. The Morgan fingerprint density at radius 1 is 1.12 bits per heavy atom. The monoisotopic (exact) mass is 373 g/mol. The highest BCUT2D eigenvalue weighted by atomic mass is 32.1. The third kappa shape index (κ3) is 4.01. The van der Waals surface area contributed by atoms with Gasteiger partial charge < -0.3 is 5.73 Å². The lowest BCUT2D eigenvalue weighted by Crippen LogP contribution is -2.54. The predicted octanol–water partition coefficient (Wildman–Crippen LogP) is 6.89. The normalized spacial score (nSPS) is 35.1. The summed E-state index contributed by atoms with van der Waals surface area (Å²) in [5, 5.41) is 0. The van der Waals surface area contributed by atoms with Gasteiger partial charge in [0.05, 0.1) is 5.49 Å². The molecule has 2 bridgehead atoms. The van der Waals surface area contributed by atoms with E-state index in [1.54, 1.807) is 5.56 Å². The van der Waals surface area contributed by atoms with Crippen molar-refractivity contribution >= 4 is 17.7 Å². The van der Waals surface area contributed by atoms with E-state index >= 15 is 0 Å². The number of thiocarbonyl (C=S) groups is 1. The molecule has 0 amide bonds. The minimum atomic E-state index is 0.430. The molecule has 146 valence electrons. The average Bonchev–Trinajstić information content (AvgIpc) is 2.59. The fraction of sp³-hybridized carbons (Fsp3) is 0.708. The highest BCUT2D eigenvalue weighted by Gasteiger charge is 2.57. The van der Waals surface area contributed by atoms with Crippen LogP contribution in [0.3, 0.4) is 0 Å². The molecule has 0 heterocycles. The lowest BCUT2D eigenvalue weighted by Gasteiger charge is -2.62. The molecule has 3 rings (SSSR count). The van der Waals surface area contributed by atoms with Gasteiger partial charge in [-0.15, -0.1) is 0 Å². The average molecular weight is 374 g/mol. The summed E-state index contributed by atoms with van der Waals surface area (Å²) in [6, 6.07) is 11.5. The Kier molecular flexibility index (Phi) is 6.93. The van der Waals surface area contributed by atoms with Crippen molar-refractivity contribution in [2.45, 2.75) is 85.0 Å². The molecule has 26 heavy (non-hydrogen) atoms. The van der Waals surface area contributed by atoms with Crippen LogP contribution in [0.15, 0.2) is 30.3 Å². The van der Waals surface area contributed by atoms with Gasteiger partial charge >= 0.3 is 0 Å². The van der Waals surface area contributed by atoms with E-state index in [1.807, 2.05) is 0 Å². The lowest BCUT2D eigenvalue weighted by atomic mass is 9.42. The summed E-state index contributed by atoms with van der Waals surface area (Å²) in [6.45, 7) is 12.5. The molecule has 1 aromatic rings. The highest BCUT2D eigenvalue weighted by Crippen LogP contribution is 2.65. The Bertz CT molecular complexity index is 577. The number of fused-ring (bicyclic) bond motifs is 2. The zero-order chi connectivity index (χ0) is 19.4. The third-order valence-corrected chi connectivity index (χ3v) is 7.50. The van der Waals surface area contributed by atoms with Gasteiger partial charge in [-0.25, -0.2) is 0 Å². The molecule has 1 nitrogen and oxygen atoms in total. The fourth-order valence-corrected chi connectivity index (χ4v) is 6.88. The Balaban J connectivity index is 0.000000758. The van der Waals surface area contributed by atoms with Crippen LogP contribution in [0.5, 0.6) is 0 Å². The molecule has 0 aliphatic heterocycles. The minimum Gasteiger partial charge on any atom is -0.396 e. The van der Waals surface area contributed by atoms with Gasteiger partial charge in [0.2, 0.25) is 0 Å². The second-order valence-electron chi connectivity index (χ2n) is 9.67. The van der Waals surface area contributed by atoms with Crippen LogP contribution in [-0.2, 0) is 5.41 Å². The predicted molar refractivity (Wildman–Crippen MR) is 118 cm³/mol. The van der Waals surface area contributed by atoms with Crippen molar-refractivity contribution < 1.29 is 0 Å². The first-order valence-electron chi connectivity index (χ1n) is 10.5. The molecule has 2 saturated carbocycles. The number of hydrogen-bond donors (Lipinski definition) is 1. The van der Waals surface area contributed by atoms with Crippen LogP contribution < -0.4 is 5.73 Å². The minimum absolute atomic E-state index is 0.430. The van der Waals surface area contributed by atoms with Gasteiger partial charge in [-0.05, 0) is 72.2 Å². The molecule has 4 atom stereocenters. The third-order valence-electron chi connectivity index (χ3n) is 7.50. The fourth-order valence-electron chi connectivity index (χ4n) is 6.88. The molecule has 2 N–H and O–H groups in total. The maximum atomic E-state index is 4.54. The summed E-state index contributed by atoms with van der Waals surface area (Å²) in [6.07, 6.45) is 9.76. The van der Waals surface area contributed by atoms with Crippen molar-refractivity contribution in [3.8, 4) is 0 Å². The van der Waals surface area contributed by atoms with E-state index in [1.165, 1.54) is 44.9 Å². The summed E-state index contributed by atoms with van der Waals surface area (Å²) in [4.78, 5) is 0. The van der Waals surface area contributed by atoms with E-state index in [0.29, 0.717) is 16.2 Å². The van der Waals surface area contributed by atoms with Crippen molar-refractivity contribution in [1.82, 2.24) is 0 Å². The topological polar surface area (TPSA) is 26.0 Å². The van der Waals surface area contributed by atoms with E-state index in [0.717, 1.165) is 17.3 Å². The Labute approximate surface area is 167 Å². The molecular formula is C24H39NS. The van der Waals surface area contributed by atoms with Crippen molar-refractivity contribution in [3.05, 3.63) is 35.9 Å². The van der Waals surface area contributed by atoms with Gasteiger partial charge in [-0.2, -0.15) is 0 Å². The molecular weight excluding hydrogens is 334 g/mol. The summed E-state index contributed by atoms with van der Waals surface area (Å²) in [7, 11) is 0. The SMILES string of the molecule is CCCC1(CC)C(C)CC2(c3ccccc3)CC1CC(C)(C)C2.NC=S. The maximum absolute atomic E-state index is 4.54. The molecule has 0 spiro atoms. The molecule has 1 aromatic carbocycles. The first-order valence-corrected chi connectivity index (χ1v) is 11.0. The molecule has 2 aliphatic rings. The Morgan fingerprint density at radius 2 is 1.73 bits per heavy atom. The molecule has 0 radical (unpaired) electrons. The summed E-state index contributed by atoms with van der Waals surface area (Å²) in [5.74, 6) is 1.75. The van der Waals surface area contributed by atoms with Gasteiger partial charge in [0, 0.05) is 0 Å². The van der Waals surface area contributed by atoms with Gasteiger partial charge in [-0.3, -0.25) is 0 Å². The zero-order valence-electron chi connectivity index (χ0n) is 17.6. The largest absolute Gasteiger partial charge is 0.396 e. The van der Waals surface area contributed by atoms with Gasteiger partial charge in [-0.1, -0.05) is 83.6 Å². The first kappa shape index (κ1) is 21.4. The van der Waals surface area contributed by atoms with Gasteiger partial charge in [0.25, 0.3) is 0 Å². The zero-order valence-corrected chi connectivity index (χ0v) is 18.4. The molecule has 0 saturated heterocycles. The van der Waals surface area contributed by atoms with Crippen LogP contribution in [0.25, 0.3) is 0 Å². The van der Waals surface area contributed by atoms with Gasteiger partial charge in [0.1, 0.15) is 0 Å². The molecule has 2 fully saturated rings. The molecule has 4 unspecified atom stereocenters. The van der Waals surface area contributed by atoms with Crippen LogP contribution >= 0.6 is 12.2 Å². The van der Waals surface area contributed by atoms with E-state index in [2.05, 4.69) is 82.9 Å². The van der Waals surface area contributed by atoms with Crippen LogP contribution in [0.4, 0.5) is 0 Å².